The predicted octanol–water partition coefficient (Wildman–Crippen LogP) is 1.25. The Morgan fingerprint density at radius 1 is 1.22 bits per heavy atom. The lowest BCUT2D eigenvalue weighted by molar-refractivity contribution is -0.0162. The van der Waals surface area contributed by atoms with Gasteiger partial charge in [0, 0.05) is 37.8 Å². The van der Waals surface area contributed by atoms with Crippen molar-refractivity contribution in [1.29, 1.82) is 0 Å². The van der Waals surface area contributed by atoms with Crippen LogP contribution in [0.5, 0.6) is 0 Å². The Balaban J connectivity index is 1.76. The predicted molar refractivity (Wildman–Crippen MR) is 72.9 cm³/mol. The molecule has 0 bridgehead atoms. The van der Waals surface area contributed by atoms with Gasteiger partial charge >= 0.3 is 0 Å². The second kappa shape index (κ2) is 6.33. The lowest BCUT2D eigenvalue weighted by atomic mass is 9.99. The van der Waals surface area contributed by atoms with Crippen LogP contribution in [-0.2, 0) is 9.47 Å². The normalized spacial score (nSPS) is 31.5. The lowest BCUT2D eigenvalue weighted by Gasteiger charge is -2.42. The Kier molecular flexibility index (Phi) is 5.01. The molecule has 2 heterocycles. The smallest absolute Gasteiger partial charge is 0.0594 e. The molecule has 0 saturated carbocycles. The number of hydrogen-bond acceptors (Lipinski definition) is 4. The molecule has 0 radical (unpaired) electrons. The van der Waals surface area contributed by atoms with E-state index in [1.54, 1.807) is 0 Å². The van der Waals surface area contributed by atoms with Gasteiger partial charge in [-0.15, -0.1) is 0 Å². The summed E-state index contributed by atoms with van der Waals surface area (Å²) in [7, 11) is 0. The van der Waals surface area contributed by atoms with Crippen molar-refractivity contribution in [1.82, 2.24) is 10.2 Å². The molecular weight excluding hydrogens is 228 g/mol. The highest BCUT2D eigenvalue weighted by Gasteiger charge is 2.29. The molecule has 18 heavy (non-hydrogen) atoms. The summed E-state index contributed by atoms with van der Waals surface area (Å²) in [5.41, 5.74) is 0.214. The van der Waals surface area contributed by atoms with Gasteiger partial charge in [0.2, 0.25) is 0 Å². The Morgan fingerprint density at radius 3 is 2.61 bits per heavy atom. The van der Waals surface area contributed by atoms with E-state index >= 15 is 0 Å². The van der Waals surface area contributed by atoms with Crippen molar-refractivity contribution in [2.45, 2.75) is 51.3 Å². The molecule has 0 spiro atoms. The lowest BCUT2D eigenvalue weighted by Crippen LogP contribution is -2.56. The molecular formula is C14H28N2O2. The maximum absolute atomic E-state index is 5.59. The molecule has 2 unspecified atom stereocenters. The van der Waals surface area contributed by atoms with Crippen LogP contribution in [-0.4, -0.2) is 62.0 Å². The summed E-state index contributed by atoms with van der Waals surface area (Å²) in [5, 5.41) is 3.73. The van der Waals surface area contributed by atoms with Crippen LogP contribution >= 0.6 is 0 Å². The van der Waals surface area contributed by atoms with Gasteiger partial charge in [-0.1, -0.05) is 0 Å². The highest BCUT2D eigenvalue weighted by atomic mass is 16.5. The molecule has 2 atom stereocenters. The van der Waals surface area contributed by atoms with E-state index in [4.69, 9.17) is 9.47 Å². The molecule has 0 aliphatic carbocycles. The summed E-state index contributed by atoms with van der Waals surface area (Å²) in [6, 6.07) is 0.620. The molecule has 2 saturated heterocycles. The second-order valence-electron chi connectivity index (χ2n) is 6.20. The summed E-state index contributed by atoms with van der Waals surface area (Å²) < 4.78 is 11.0. The zero-order valence-electron chi connectivity index (χ0n) is 12.1. The second-order valence-corrected chi connectivity index (χ2v) is 6.20. The number of nitrogens with one attached hydrogen (secondary N) is 1. The molecule has 4 heteroatoms. The van der Waals surface area contributed by atoms with Crippen molar-refractivity contribution in [2.75, 3.05) is 39.5 Å². The fourth-order valence-corrected chi connectivity index (χ4v) is 2.86. The zero-order chi connectivity index (χ0) is 13.0. The zero-order valence-corrected chi connectivity index (χ0v) is 12.1. The van der Waals surface area contributed by atoms with E-state index in [9.17, 15) is 0 Å². The number of morpholine rings is 1. The van der Waals surface area contributed by atoms with Crippen LogP contribution in [0.1, 0.15) is 33.6 Å². The van der Waals surface area contributed by atoms with Crippen molar-refractivity contribution in [3.63, 3.8) is 0 Å². The molecule has 0 aromatic carbocycles. The van der Waals surface area contributed by atoms with Crippen molar-refractivity contribution in [3.8, 4) is 0 Å². The summed E-state index contributed by atoms with van der Waals surface area (Å²) >= 11 is 0. The summed E-state index contributed by atoms with van der Waals surface area (Å²) in [6.45, 7) is 12.6. The maximum Gasteiger partial charge on any atom is 0.0594 e. The molecule has 0 amide bonds. The first-order valence-electron chi connectivity index (χ1n) is 7.26. The first kappa shape index (κ1) is 14.3. The number of nitrogens with zero attached hydrogens (tertiary/aromatic N) is 1. The maximum atomic E-state index is 5.59. The fraction of sp³-hybridized carbons (Fsp3) is 1.00. The number of rotatable bonds is 4. The van der Waals surface area contributed by atoms with Crippen LogP contribution in [0.25, 0.3) is 0 Å². The Bertz CT molecular complexity index is 252. The van der Waals surface area contributed by atoms with Gasteiger partial charge in [0.05, 0.1) is 19.3 Å². The average molecular weight is 256 g/mol. The fourth-order valence-electron chi connectivity index (χ4n) is 2.86. The quantitative estimate of drug-likeness (QED) is 0.821. The minimum absolute atomic E-state index is 0.214. The highest BCUT2D eigenvalue weighted by Crippen LogP contribution is 2.18. The van der Waals surface area contributed by atoms with Crippen LogP contribution in [0, 0.1) is 0 Å². The largest absolute Gasteiger partial charge is 0.379 e. The van der Waals surface area contributed by atoms with E-state index in [0.717, 1.165) is 52.3 Å². The third kappa shape index (κ3) is 3.92. The molecule has 2 fully saturated rings. The van der Waals surface area contributed by atoms with Crippen molar-refractivity contribution < 1.29 is 9.47 Å². The minimum Gasteiger partial charge on any atom is -0.379 e. The van der Waals surface area contributed by atoms with Gasteiger partial charge in [0.15, 0.2) is 0 Å². The van der Waals surface area contributed by atoms with E-state index in [0.29, 0.717) is 12.1 Å². The Morgan fingerprint density at radius 2 is 1.94 bits per heavy atom. The molecule has 1 N–H and O–H groups in total. The molecule has 0 aromatic rings. The topological polar surface area (TPSA) is 33.7 Å². The third-order valence-electron chi connectivity index (χ3n) is 4.18. The van der Waals surface area contributed by atoms with Gasteiger partial charge in [-0.25, -0.2) is 0 Å². The molecule has 106 valence electrons. The average Bonchev–Trinajstić information content (AvgIpc) is 2.38. The number of ether oxygens (including phenoxy) is 2. The van der Waals surface area contributed by atoms with Crippen LogP contribution in [0.4, 0.5) is 0 Å². The van der Waals surface area contributed by atoms with Crippen LogP contribution in [0.2, 0.25) is 0 Å². The molecule has 2 rings (SSSR count). The van der Waals surface area contributed by atoms with Gasteiger partial charge in [0.1, 0.15) is 0 Å². The highest BCUT2D eigenvalue weighted by molar-refractivity contribution is 4.87. The third-order valence-corrected chi connectivity index (χ3v) is 4.18. The van der Waals surface area contributed by atoms with Crippen molar-refractivity contribution in [3.05, 3.63) is 0 Å². The first-order valence-corrected chi connectivity index (χ1v) is 7.26. The molecule has 2 aliphatic heterocycles. The summed E-state index contributed by atoms with van der Waals surface area (Å²) in [4.78, 5) is 2.53. The summed E-state index contributed by atoms with van der Waals surface area (Å²) in [6.07, 6.45) is 2.69. The molecule has 0 aromatic heterocycles. The van der Waals surface area contributed by atoms with E-state index in [1.807, 2.05) is 0 Å². The monoisotopic (exact) mass is 256 g/mol. The number of hydrogen-bond donors (Lipinski definition) is 1. The van der Waals surface area contributed by atoms with Gasteiger partial charge in [-0.3, -0.25) is 4.90 Å². The van der Waals surface area contributed by atoms with E-state index in [-0.39, 0.29) is 5.54 Å². The van der Waals surface area contributed by atoms with Crippen molar-refractivity contribution >= 4 is 0 Å². The van der Waals surface area contributed by atoms with Crippen LogP contribution in [0.3, 0.4) is 0 Å². The van der Waals surface area contributed by atoms with Crippen molar-refractivity contribution in [2.24, 2.45) is 0 Å². The first-order chi connectivity index (χ1) is 8.58. The molecule has 2 aliphatic rings. The van der Waals surface area contributed by atoms with Gasteiger partial charge < -0.3 is 14.8 Å². The Labute approximate surface area is 111 Å². The van der Waals surface area contributed by atoms with Crippen LogP contribution < -0.4 is 5.32 Å². The van der Waals surface area contributed by atoms with Gasteiger partial charge in [0.25, 0.3) is 0 Å². The molecule has 4 nitrogen and oxygen atoms in total. The summed E-state index contributed by atoms with van der Waals surface area (Å²) in [5.74, 6) is 0. The van der Waals surface area contributed by atoms with Crippen LogP contribution in [0.15, 0.2) is 0 Å². The van der Waals surface area contributed by atoms with Gasteiger partial charge in [-0.2, -0.15) is 0 Å². The Hall–Kier alpha value is -0.160. The standard InChI is InChI=1S/C14H28N2O2/c1-12-10-13(4-7-18-12)15-11-14(2,3)16-5-8-17-9-6-16/h12-13,15H,4-11H2,1-3H3. The minimum atomic E-state index is 0.214. The van der Waals surface area contributed by atoms with E-state index in [1.165, 1.54) is 0 Å². The van der Waals surface area contributed by atoms with E-state index < -0.39 is 0 Å². The van der Waals surface area contributed by atoms with E-state index in [2.05, 4.69) is 31.0 Å². The SMILES string of the molecule is CC1CC(NCC(C)(C)N2CCOCC2)CCO1. The van der Waals surface area contributed by atoms with Gasteiger partial charge in [-0.05, 0) is 33.6 Å².